The van der Waals surface area contributed by atoms with E-state index >= 15 is 0 Å². The first-order valence-electron chi connectivity index (χ1n) is 13.1. The summed E-state index contributed by atoms with van der Waals surface area (Å²) in [5.41, 5.74) is 4.98. The average Bonchev–Trinajstić information content (AvgIpc) is 2.82. The quantitative estimate of drug-likeness (QED) is 0.338. The van der Waals surface area contributed by atoms with Crippen molar-refractivity contribution >= 4 is 5.97 Å². The molecule has 2 aromatic rings. The highest BCUT2D eigenvalue weighted by molar-refractivity contribution is 5.96. The van der Waals surface area contributed by atoms with Crippen molar-refractivity contribution in [2.45, 2.75) is 103 Å². The molecule has 0 heterocycles. The molecule has 0 unspecified atom stereocenters. The topological polar surface area (TPSA) is 37.3 Å². The predicted octanol–water partition coefficient (Wildman–Crippen LogP) is 9.03. The Bertz CT molecular complexity index is 828. The van der Waals surface area contributed by atoms with E-state index in [1.54, 1.807) is 0 Å². The normalized spacial score (nSPS) is 18.6. The van der Waals surface area contributed by atoms with Crippen molar-refractivity contribution in [3.05, 3.63) is 59.2 Å². The van der Waals surface area contributed by atoms with Crippen LogP contribution in [0.25, 0.3) is 11.1 Å². The maximum atomic E-state index is 11.9. The van der Waals surface area contributed by atoms with Gasteiger partial charge in [-0.25, -0.2) is 4.79 Å². The fourth-order valence-corrected chi connectivity index (χ4v) is 5.32. The van der Waals surface area contributed by atoms with Gasteiger partial charge in [0.1, 0.15) is 0 Å². The van der Waals surface area contributed by atoms with Crippen LogP contribution in [0, 0.1) is 5.92 Å². The molecule has 1 fully saturated rings. The van der Waals surface area contributed by atoms with Crippen LogP contribution < -0.4 is 0 Å². The molecular formula is C30H42O2. The van der Waals surface area contributed by atoms with Crippen molar-refractivity contribution < 1.29 is 9.90 Å². The molecule has 0 aliphatic heterocycles. The van der Waals surface area contributed by atoms with Crippen LogP contribution in [0.3, 0.4) is 0 Å². The molecule has 2 nitrogen and oxygen atoms in total. The third-order valence-corrected chi connectivity index (χ3v) is 7.39. The second kappa shape index (κ2) is 12.8. The number of aryl methyl sites for hydroxylation is 1. The molecule has 1 aliphatic rings. The van der Waals surface area contributed by atoms with Crippen molar-refractivity contribution in [2.75, 3.05) is 0 Å². The number of carboxylic acid groups (broad SMARTS) is 1. The summed E-state index contributed by atoms with van der Waals surface area (Å²) in [6, 6.07) is 14.7. The van der Waals surface area contributed by atoms with Crippen LogP contribution in [0.1, 0.15) is 118 Å². The number of carboxylic acids is 1. The summed E-state index contributed by atoms with van der Waals surface area (Å²) in [4.78, 5) is 11.9. The molecule has 1 N–H and O–H groups in total. The van der Waals surface area contributed by atoms with E-state index in [1.807, 2.05) is 6.07 Å². The zero-order valence-corrected chi connectivity index (χ0v) is 20.2. The molecule has 0 saturated heterocycles. The number of benzene rings is 2. The summed E-state index contributed by atoms with van der Waals surface area (Å²) >= 11 is 0. The van der Waals surface area contributed by atoms with Crippen LogP contribution >= 0.6 is 0 Å². The van der Waals surface area contributed by atoms with Gasteiger partial charge in [0.15, 0.2) is 0 Å². The molecule has 32 heavy (non-hydrogen) atoms. The molecule has 1 aliphatic carbocycles. The van der Waals surface area contributed by atoms with E-state index in [2.05, 4.69) is 50.2 Å². The van der Waals surface area contributed by atoms with Crippen molar-refractivity contribution in [3.8, 4) is 11.1 Å². The SMILES string of the molecule is CCCCCCc1ccc(-c2cc(C3CCC(CCCCC)CC3)ccc2C(=O)O)cc1. The number of carbonyl (C=O) groups is 1. The minimum Gasteiger partial charge on any atom is -0.478 e. The van der Waals surface area contributed by atoms with Gasteiger partial charge in [0, 0.05) is 0 Å². The number of rotatable bonds is 12. The first-order chi connectivity index (χ1) is 15.6. The Kier molecular flexibility index (Phi) is 9.84. The summed E-state index contributed by atoms with van der Waals surface area (Å²) in [6.07, 6.45) is 16.7. The maximum Gasteiger partial charge on any atom is 0.336 e. The summed E-state index contributed by atoms with van der Waals surface area (Å²) in [7, 11) is 0. The van der Waals surface area contributed by atoms with Crippen LogP contribution in [0.4, 0.5) is 0 Å². The molecule has 174 valence electrons. The molecule has 2 aromatic carbocycles. The van der Waals surface area contributed by atoms with E-state index in [0.29, 0.717) is 11.5 Å². The molecule has 0 bridgehead atoms. The van der Waals surface area contributed by atoms with Gasteiger partial charge in [0.2, 0.25) is 0 Å². The van der Waals surface area contributed by atoms with Crippen LogP contribution in [-0.4, -0.2) is 11.1 Å². The molecule has 3 rings (SSSR count). The van der Waals surface area contributed by atoms with Crippen LogP contribution in [-0.2, 0) is 6.42 Å². The molecule has 0 aromatic heterocycles. The van der Waals surface area contributed by atoms with Crippen molar-refractivity contribution in [1.29, 1.82) is 0 Å². The lowest BCUT2D eigenvalue weighted by Gasteiger charge is -2.29. The first-order valence-corrected chi connectivity index (χ1v) is 13.1. The lowest BCUT2D eigenvalue weighted by Crippen LogP contribution is -2.14. The van der Waals surface area contributed by atoms with E-state index in [4.69, 9.17) is 0 Å². The average molecular weight is 435 g/mol. The fraction of sp³-hybridized carbons (Fsp3) is 0.567. The molecule has 0 radical (unpaired) electrons. The van der Waals surface area contributed by atoms with Gasteiger partial charge in [-0.15, -0.1) is 0 Å². The van der Waals surface area contributed by atoms with Gasteiger partial charge in [0.05, 0.1) is 5.56 Å². The second-order valence-corrected chi connectivity index (χ2v) is 9.83. The number of aromatic carboxylic acids is 1. The van der Waals surface area contributed by atoms with Gasteiger partial charge in [-0.2, -0.15) is 0 Å². The zero-order chi connectivity index (χ0) is 22.8. The monoisotopic (exact) mass is 434 g/mol. The second-order valence-electron chi connectivity index (χ2n) is 9.83. The largest absolute Gasteiger partial charge is 0.478 e. The van der Waals surface area contributed by atoms with E-state index < -0.39 is 5.97 Å². The Morgan fingerprint density at radius 1 is 0.844 bits per heavy atom. The summed E-state index contributed by atoms with van der Waals surface area (Å²) in [5.74, 6) is 0.618. The Hall–Kier alpha value is -2.09. The summed E-state index contributed by atoms with van der Waals surface area (Å²) in [6.45, 7) is 4.51. The van der Waals surface area contributed by atoms with Crippen molar-refractivity contribution in [2.24, 2.45) is 5.92 Å². The molecule has 2 heteroatoms. The van der Waals surface area contributed by atoms with E-state index in [-0.39, 0.29) is 0 Å². The molecule has 0 atom stereocenters. The van der Waals surface area contributed by atoms with Gasteiger partial charge < -0.3 is 5.11 Å². The van der Waals surface area contributed by atoms with Crippen molar-refractivity contribution in [3.63, 3.8) is 0 Å². The predicted molar refractivity (Wildman–Crippen MR) is 136 cm³/mol. The van der Waals surface area contributed by atoms with Crippen molar-refractivity contribution in [1.82, 2.24) is 0 Å². The molecule has 0 spiro atoms. The Labute approximate surface area is 195 Å². The highest BCUT2D eigenvalue weighted by atomic mass is 16.4. The Morgan fingerprint density at radius 2 is 1.53 bits per heavy atom. The Balaban J connectivity index is 1.69. The fourth-order valence-electron chi connectivity index (χ4n) is 5.32. The van der Waals surface area contributed by atoms with Crippen LogP contribution in [0.15, 0.2) is 42.5 Å². The third-order valence-electron chi connectivity index (χ3n) is 7.39. The maximum absolute atomic E-state index is 11.9. The summed E-state index contributed by atoms with van der Waals surface area (Å²) < 4.78 is 0. The van der Waals surface area contributed by atoms with E-state index in [0.717, 1.165) is 23.5 Å². The molecule has 1 saturated carbocycles. The zero-order valence-electron chi connectivity index (χ0n) is 20.2. The minimum atomic E-state index is -0.838. The molecule has 0 amide bonds. The Morgan fingerprint density at radius 3 is 2.19 bits per heavy atom. The van der Waals surface area contributed by atoms with Gasteiger partial charge in [-0.05, 0) is 78.7 Å². The standard InChI is InChI=1S/C30H42O2/c1-3-5-7-9-11-24-14-18-26(19-15-24)29-22-27(20-21-28(29)30(31)32)25-16-12-23(13-17-25)10-8-6-4-2/h14-15,18-23,25H,3-13,16-17H2,1-2H3,(H,31,32). The van der Waals surface area contributed by atoms with Crippen LogP contribution in [0.5, 0.6) is 0 Å². The summed E-state index contributed by atoms with van der Waals surface area (Å²) in [5, 5.41) is 9.79. The van der Waals surface area contributed by atoms with Gasteiger partial charge in [-0.1, -0.05) is 95.2 Å². The number of hydrogen-bond acceptors (Lipinski definition) is 1. The van der Waals surface area contributed by atoms with Gasteiger partial charge >= 0.3 is 5.97 Å². The lowest BCUT2D eigenvalue weighted by atomic mass is 9.76. The number of hydrogen-bond donors (Lipinski definition) is 1. The highest BCUT2D eigenvalue weighted by Crippen LogP contribution is 2.39. The number of unbranched alkanes of at least 4 members (excludes halogenated alkanes) is 5. The smallest absolute Gasteiger partial charge is 0.336 e. The molecular weight excluding hydrogens is 392 g/mol. The lowest BCUT2D eigenvalue weighted by molar-refractivity contribution is 0.0697. The minimum absolute atomic E-state index is 0.415. The van der Waals surface area contributed by atoms with E-state index in [9.17, 15) is 9.90 Å². The third kappa shape index (κ3) is 6.95. The first kappa shape index (κ1) is 24.6. The highest BCUT2D eigenvalue weighted by Gasteiger charge is 2.23. The van der Waals surface area contributed by atoms with Gasteiger partial charge in [0.25, 0.3) is 0 Å². The van der Waals surface area contributed by atoms with Gasteiger partial charge in [-0.3, -0.25) is 0 Å². The van der Waals surface area contributed by atoms with Crippen LogP contribution in [0.2, 0.25) is 0 Å². The van der Waals surface area contributed by atoms with E-state index in [1.165, 1.54) is 88.2 Å².